The first kappa shape index (κ1) is 14.2. The molecule has 1 fully saturated rings. The van der Waals surface area contributed by atoms with Crippen LogP contribution in [-0.4, -0.2) is 31.8 Å². The van der Waals surface area contributed by atoms with Gasteiger partial charge in [-0.05, 0) is 45.4 Å². The molecule has 0 spiro atoms. The second-order valence-electron chi connectivity index (χ2n) is 6.15. The summed E-state index contributed by atoms with van der Waals surface area (Å²) in [6.45, 7) is 12.7. The van der Waals surface area contributed by atoms with E-state index < -0.39 is 0 Å². The van der Waals surface area contributed by atoms with E-state index in [0.717, 1.165) is 25.4 Å². The fourth-order valence-corrected chi connectivity index (χ4v) is 2.67. The van der Waals surface area contributed by atoms with Gasteiger partial charge < -0.3 is 15.0 Å². The molecule has 0 radical (unpaired) electrons. The maximum atomic E-state index is 5.77. The molecule has 1 aliphatic rings. The highest BCUT2D eigenvalue weighted by molar-refractivity contribution is 5.59. The molecule has 0 aliphatic carbocycles. The molecular formula is C16H26N2O. The average Bonchev–Trinajstić information content (AvgIpc) is 2.49. The summed E-state index contributed by atoms with van der Waals surface area (Å²) >= 11 is 0. The van der Waals surface area contributed by atoms with Crippen LogP contribution in [0.1, 0.15) is 27.7 Å². The zero-order chi connectivity index (χ0) is 13.9. The molecule has 3 heteroatoms. The summed E-state index contributed by atoms with van der Waals surface area (Å²) in [5, 5.41) is 3.64. The van der Waals surface area contributed by atoms with Crippen molar-refractivity contribution in [2.45, 2.75) is 33.2 Å². The molecule has 0 saturated carbocycles. The van der Waals surface area contributed by atoms with Crippen LogP contribution in [0.25, 0.3) is 0 Å². The first-order valence-electron chi connectivity index (χ1n) is 7.23. The summed E-state index contributed by atoms with van der Waals surface area (Å²) in [6.07, 6.45) is 0. The van der Waals surface area contributed by atoms with Gasteiger partial charge in [-0.2, -0.15) is 0 Å². The van der Waals surface area contributed by atoms with Crippen molar-refractivity contribution >= 4 is 5.69 Å². The van der Waals surface area contributed by atoms with Gasteiger partial charge in [-0.1, -0.05) is 19.1 Å². The summed E-state index contributed by atoms with van der Waals surface area (Å²) in [6, 6.07) is 8.36. The SMILES string of the molecule is CCOc1ccccc1N1CC(C)CNC(C)(C)C1. The van der Waals surface area contributed by atoms with Crippen molar-refractivity contribution in [1.82, 2.24) is 5.32 Å². The number of benzene rings is 1. The van der Waals surface area contributed by atoms with Crippen LogP contribution in [0.3, 0.4) is 0 Å². The smallest absolute Gasteiger partial charge is 0.142 e. The Balaban J connectivity index is 2.28. The zero-order valence-electron chi connectivity index (χ0n) is 12.6. The molecule has 1 aromatic carbocycles. The third kappa shape index (κ3) is 3.63. The number of nitrogens with one attached hydrogen (secondary N) is 1. The van der Waals surface area contributed by atoms with Gasteiger partial charge in [0.1, 0.15) is 5.75 Å². The van der Waals surface area contributed by atoms with Crippen LogP contribution in [0, 0.1) is 5.92 Å². The van der Waals surface area contributed by atoms with Crippen LogP contribution in [0.5, 0.6) is 5.75 Å². The summed E-state index contributed by atoms with van der Waals surface area (Å²) < 4.78 is 5.77. The Hall–Kier alpha value is -1.22. The molecule has 1 heterocycles. The molecule has 1 unspecified atom stereocenters. The molecule has 0 amide bonds. The van der Waals surface area contributed by atoms with Crippen molar-refractivity contribution in [3.8, 4) is 5.75 Å². The highest BCUT2D eigenvalue weighted by Crippen LogP contribution is 2.30. The number of para-hydroxylation sites is 2. The maximum absolute atomic E-state index is 5.77. The highest BCUT2D eigenvalue weighted by atomic mass is 16.5. The average molecular weight is 262 g/mol. The second kappa shape index (κ2) is 5.83. The number of ether oxygens (including phenoxy) is 1. The first-order chi connectivity index (χ1) is 9.02. The van der Waals surface area contributed by atoms with E-state index in [0.29, 0.717) is 12.5 Å². The molecular weight excluding hydrogens is 236 g/mol. The Labute approximate surface area is 116 Å². The van der Waals surface area contributed by atoms with Crippen molar-refractivity contribution in [3.05, 3.63) is 24.3 Å². The lowest BCUT2D eigenvalue weighted by Crippen LogP contribution is -2.46. The van der Waals surface area contributed by atoms with Gasteiger partial charge in [-0.3, -0.25) is 0 Å². The van der Waals surface area contributed by atoms with Crippen molar-refractivity contribution in [2.24, 2.45) is 5.92 Å². The van der Waals surface area contributed by atoms with E-state index in [1.807, 2.05) is 13.0 Å². The lowest BCUT2D eigenvalue weighted by molar-refractivity contribution is 0.339. The van der Waals surface area contributed by atoms with Crippen LogP contribution >= 0.6 is 0 Å². The van der Waals surface area contributed by atoms with E-state index in [2.05, 4.69) is 49.2 Å². The van der Waals surface area contributed by atoms with Gasteiger partial charge in [-0.15, -0.1) is 0 Å². The van der Waals surface area contributed by atoms with Crippen molar-refractivity contribution in [2.75, 3.05) is 31.1 Å². The standard InChI is InChI=1S/C16H26N2O/c1-5-19-15-9-7-6-8-14(15)18-11-13(2)10-17-16(3,4)12-18/h6-9,13,17H,5,10-12H2,1-4H3. The van der Waals surface area contributed by atoms with E-state index in [9.17, 15) is 0 Å². The Morgan fingerprint density at radius 3 is 2.84 bits per heavy atom. The van der Waals surface area contributed by atoms with Crippen LogP contribution in [0.15, 0.2) is 24.3 Å². The van der Waals surface area contributed by atoms with Crippen molar-refractivity contribution < 1.29 is 4.74 Å². The van der Waals surface area contributed by atoms with Crippen molar-refractivity contribution in [1.29, 1.82) is 0 Å². The number of hydrogen-bond acceptors (Lipinski definition) is 3. The Morgan fingerprint density at radius 1 is 1.37 bits per heavy atom. The van der Waals surface area contributed by atoms with Crippen LogP contribution in [-0.2, 0) is 0 Å². The van der Waals surface area contributed by atoms with Gasteiger partial charge in [0.25, 0.3) is 0 Å². The second-order valence-corrected chi connectivity index (χ2v) is 6.15. The minimum absolute atomic E-state index is 0.129. The largest absolute Gasteiger partial charge is 0.492 e. The van der Waals surface area contributed by atoms with Crippen molar-refractivity contribution in [3.63, 3.8) is 0 Å². The van der Waals surface area contributed by atoms with E-state index in [1.54, 1.807) is 0 Å². The van der Waals surface area contributed by atoms with Gasteiger partial charge in [0, 0.05) is 18.6 Å². The van der Waals surface area contributed by atoms with Crippen LogP contribution in [0.2, 0.25) is 0 Å². The summed E-state index contributed by atoms with van der Waals surface area (Å²) in [7, 11) is 0. The summed E-state index contributed by atoms with van der Waals surface area (Å²) in [5.41, 5.74) is 1.34. The van der Waals surface area contributed by atoms with E-state index in [1.165, 1.54) is 5.69 Å². The van der Waals surface area contributed by atoms with E-state index >= 15 is 0 Å². The lowest BCUT2D eigenvalue weighted by atomic mass is 10.1. The molecule has 0 bridgehead atoms. The molecule has 2 rings (SSSR count). The normalized spacial score (nSPS) is 22.9. The predicted octanol–water partition coefficient (Wildman–Crippen LogP) is 2.91. The molecule has 1 atom stereocenters. The van der Waals surface area contributed by atoms with Gasteiger partial charge >= 0.3 is 0 Å². The summed E-state index contributed by atoms with van der Waals surface area (Å²) in [4.78, 5) is 2.45. The number of rotatable bonds is 3. The minimum Gasteiger partial charge on any atom is -0.492 e. The van der Waals surface area contributed by atoms with Gasteiger partial charge in [0.15, 0.2) is 0 Å². The van der Waals surface area contributed by atoms with Gasteiger partial charge in [0.05, 0.1) is 12.3 Å². The molecule has 1 N–H and O–H groups in total. The third-order valence-corrected chi connectivity index (χ3v) is 3.55. The highest BCUT2D eigenvalue weighted by Gasteiger charge is 2.28. The van der Waals surface area contributed by atoms with Crippen LogP contribution < -0.4 is 15.0 Å². The third-order valence-electron chi connectivity index (χ3n) is 3.55. The van der Waals surface area contributed by atoms with Crippen LogP contribution in [0.4, 0.5) is 5.69 Å². The molecule has 1 aromatic rings. The lowest BCUT2D eigenvalue weighted by Gasteiger charge is -2.32. The molecule has 1 aliphatic heterocycles. The fraction of sp³-hybridized carbons (Fsp3) is 0.625. The topological polar surface area (TPSA) is 24.5 Å². The number of nitrogens with zero attached hydrogens (tertiary/aromatic N) is 1. The quantitative estimate of drug-likeness (QED) is 0.906. The van der Waals surface area contributed by atoms with Gasteiger partial charge in [0.2, 0.25) is 0 Å². The Bertz CT molecular complexity index is 417. The predicted molar refractivity (Wildman–Crippen MR) is 81.1 cm³/mol. The summed E-state index contributed by atoms with van der Waals surface area (Å²) in [5.74, 6) is 1.63. The maximum Gasteiger partial charge on any atom is 0.142 e. The molecule has 3 nitrogen and oxygen atoms in total. The van der Waals surface area contributed by atoms with Gasteiger partial charge in [-0.25, -0.2) is 0 Å². The molecule has 0 aromatic heterocycles. The van der Waals surface area contributed by atoms with E-state index in [-0.39, 0.29) is 5.54 Å². The first-order valence-corrected chi connectivity index (χ1v) is 7.23. The number of anilines is 1. The molecule has 19 heavy (non-hydrogen) atoms. The zero-order valence-corrected chi connectivity index (χ0v) is 12.6. The number of hydrogen-bond donors (Lipinski definition) is 1. The molecule has 1 saturated heterocycles. The Kier molecular flexibility index (Phi) is 4.35. The minimum atomic E-state index is 0.129. The monoisotopic (exact) mass is 262 g/mol. The molecule has 106 valence electrons. The fourth-order valence-electron chi connectivity index (χ4n) is 2.67. The van der Waals surface area contributed by atoms with E-state index in [4.69, 9.17) is 4.74 Å². The Morgan fingerprint density at radius 2 is 2.11 bits per heavy atom.